The van der Waals surface area contributed by atoms with Crippen LogP contribution in [0.5, 0.6) is 0 Å². The van der Waals surface area contributed by atoms with Crippen molar-refractivity contribution in [1.29, 1.82) is 0 Å². The molecule has 1 amide bonds. The zero-order valence-corrected chi connectivity index (χ0v) is 10.6. The number of rotatable bonds is 4. The molecule has 1 heterocycles. The number of carbonyl (C=O) groups is 1. The Morgan fingerprint density at radius 2 is 2.28 bits per heavy atom. The normalized spacial score (nSPS) is 10.6. The summed E-state index contributed by atoms with van der Waals surface area (Å²) in [4.78, 5) is 11.9. The van der Waals surface area contributed by atoms with Gasteiger partial charge in [-0.15, -0.1) is 5.10 Å². The molecule has 2 rings (SSSR count). The molecule has 1 aromatic heterocycles. The molecule has 0 unspecified atom stereocenters. The lowest BCUT2D eigenvalue weighted by atomic mass is 10.2. The Labute approximate surface area is 105 Å². The summed E-state index contributed by atoms with van der Waals surface area (Å²) < 4.78 is 1.80. The SMILES string of the molecule is C=C(C)CNC(=O)c1ccc2c(c1)nnn2CC. The van der Waals surface area contributed by atoms with Crippen LogP contribution in [0, 0.1) is 0 Å². The lowest BCUT2D eigenvalue weighted by molar-refractivity contribution is 0.0957. The predicted octanol–water partition coefficient (Wildman–Crippen LogP) is 1.76. The smallest absolute Gasteiger partial charge is 0.251 e. The summed E-state index contributed by atoms with van der Waals surface area (Å²) in [6.45, 7) is 8.86. The summed E-state index contributed by atoms with van der Waals surface area (Å²) >= 11 is 0. The summed E-state index contributed by atoms with van der Waals surface area (Å²) in [5.41, 5.74) is 3.18. The van der Waals surface area contributed by atoms with E-state index < -0.39 is 0 Å². The van der Waals surface area contributed by atoms with Gasteiger partial charge in [-0.05, 0) is 32.0 Å². The van der Waals surface area contributed by atoms with E-state index in [-0.39, 0.29) is 5.91 Å². The Morgan fingerprint density at radius 1 is 1.50 bits per heavy atom. The van der Waals surface area contributed by atoms with Crippen molar-refractivity contribution < 1.29 is 4.79 Å². The van der Waals surface area contributed by atoms with Crippen LogP contribution in [0.4, 0.5) is 0 Å². The Kier molecular flexibility index (Phi) is 3.41. The standard InChI is InChI=1S/C13H16N4O/c1-4-17-12-6-5-10(7-11(12)15-16-17)13(18)14-8-9(2)3/h5-7H,2,4,8H2,1,3H3,(H,14,18). The third kappa shape index (κ3) is 2.40. The summed E-state index contributed by atoms with van der Waals surface area (Å²) in [7, 11) is 0. The van der Waals surface area contributed by atoms with E-state index in [4.69, 9.17) is 0 Å². The molecular formula is C13H16N4O. The van der Waals surface area contributed by atoms with Gasteiger partial charge < -0.3 is 5.32 Å². The van der Waals surface area contributed by atoms with E-state index in [9.17, 15) is 4.79 Å². The number of nitrogens with one attached hydrogen (secondary N) is 1. The number of benzene rings is 1. The molecule has 5 nitrogen and oxygen atoms in total. The van der Waals surface area contributed by atoms with Crippen LogP contribution in [-0.2, 0) is 6.54 Å². The number of amides is 1. The van der Waals surface area contributed by atoms with Crippen LogP contribution in [0.15, 0.2) is 30.4 Å². The van der Waals surface area contributed by atoms with Gasteiger partial charge in [-0.25, -0.2) is 4.68 Å². The van der Waals surface area contributed by atoms with Crippen molar-refractivity contribution in [2.75, 3.05) is 6.54 Å². The molecule has 2 aromatic rings. The topological polar surface area (TPSA) is 59.8 Å². The maximum atomic E-state index is 11.9. The third-order valence-electron chi connectivity index (χ3n) is 2.63. The van der Waals surface area contributed by atoms with Crippen molar-refractivity contribution in [3.8, 4) is 0 Å². The van der Waals surface area contributed by atoms with Crippen LogP contribution in [-0.4, -0.2) is 27.4 Å². The highest BCUT2D eigenvalue weighted by atomic mass is 16.1. The van der Waals surface area contributed by atoms with Gasteiger partial charge in [-0.1, -0.05) is 17.4 Å². The highest BCUT2D eigenvalue weighted by Crippen LogP contribution is 2.13. The number of nitrogens with zero attached hydrogens (tertiary/aromatic N) is 3. The molecule has 5 heteroatoms. The number of aromatic nitrogens is 3. The lowest BCUT2D eigenvalue weighted by Gasteiger charge is -2.04. The molecule has 0 aliphatic carbocycles. The van der Waals surface area contributed by atoms with Gasteiger partial charge in [0.05, 0.1) is 5.52 Å². The maximum absolute atomic E-state index is 11.9. The fraction of sp³-hybridized carbons (Fsp3) is 0.308. The number of aryl methyl sites for hydroxylation is 1. The van der Waals surface area contributed by atoms with Crippen LogP contribution in [0.2, 0.25) is 0 Å². The zero-order valence-electron chi connectivity index (χ0n) is 10.6. The van der Waals surface area contributed by atoms with Gasteiger partial charge in [0.2, 0.25) is 0 Å². The highest BCUT2D eigenvalue weighted by Gasteiger charge is 2.09. The number of carbonyl (C=O) groups excluding carboxylic acids is 1. The van der Waals surface area contributed by atoms with E-state index in [2.05, 4.69) is 22.2 Å². The maximum Gasteiger partial charge on any atom is 0.251 e. The van der Waals surface area contributed by atoms with Crippen molar-refractivity contribution in [3.63, 3.8) is 0 Å². The quantitative estimate of drug-likeness (QED) is 0.834. The third-order valence-corrected chi connectivity index (χ3v) is 2.63. The van der Waals surface area contributed by atoms with E-state index in [0.717, 1.165) is 23.2 Å². The van der Waals surface area contributed by atoms with Gasteiger partial charge in [-0.3, -0.25) is 4.79 Å². The van der Waals surface area contributed by atoms with Gasteiger partial charge in [0.15, 0.2) is 0 Å². The van der Waals surface area contributed by atoms with E-state index in [1.165, 1.54) is 0 Å². The fourth-order valence-corrected chi connectivity index (χ4v) is 1.68. The van der Waals surface area contributed by atoms with Gasteiger partial charge in [0, 0.05) is 18.7 Å². The Morgan fingerprint density at radius 3 is 2.94 bits per heavy atom. The van der Waals surface area contributed by atoms with E-state index in [1.54, 1.807) is 16.8 Å². The fourth-order valence-electron chi connectivity index (χ4n) is 1.68. The zero-order chi connectivity index (χ0) is 13.1. The number of hydrogen-bond donors (Lipinski definition) is 1. The van der Waals surface area contributed by atoms with Crippen LogP contribution >= 0.6 is 0 Å². The van der Waals surface area contributed by atoms with E-state index in [1.807, 2.05) is 19.9 Å². The Balaban J connectivity index is 2.24. The van der Waals surface area contributed by atoms with Crippen molar-refractivity contribution in [3.05, 3.63) is 35.9 Å². The molecule has 0 spiro atoms. The molecule has 0 atom stereocenters. The molecule has 0 radical (unpaired) electrons. The minimum Gasteiger partial charge on any atom is -0.348 e. The first kappa shape index (κ1) is 12.3. The van der Waals surface area contributed by atoms with Crippen molar-refractivity contribution in [2.24, 2.45) is 0 Å². The summed E-state index contributed by atoms with van der Waals surface area (Å²) in [5, 5.41) is 10.8. The van der Waals surface area contributed by atoms with Crippen molar-refractivity contribution in [2.45, 2.75) is 20.4 Å². The second-order valence-electron chi connectivity index (χ2n) is 4.25. The number of hydrogen-bond acceptors (Lipinski definition) is 3. The molecule has 0 bridgehead atoms. The van der Waals surface area contributed by atoms with Crippen LogP contribution < -0.4 is 5.32 Å². The molecule has 0 aliphatic rings. The Bertz CT molecular complexity index is 600. The average molecular weight is 244 g/mol. The molecule has 1 aromatic carbocycles. The van der Waals surface area contributed by atoms with Crippen LogP contribution in [0.1, 0.15) is 24.2 Å². The van der Waals surface area contributed by atoms with Crippen molar-refractivity contribution in [1.82, 2.24) is 20.3 Å². The predicted molar refractivity (Wildman–Crippen MR) is 70.3 cm³/mol. The van der Waals surface area contributed by atoms with Crippen molar-refractivity contribution >= 4 is 16.9 Å². The van der Waals surface area contributed by atoms with Gasteiger partial charge in [-0.2, -0.15) is 0 Å². The molecule has 0 fully saturated rings. The highest BCUT2D eigenvalue weighted by molar-refractivity contribution is 5.97. The minimum atomic E-state index is -0.119. The minimum absolute atomic E-state index is 0.119. The molecule has 0 saturated carbocycles. The monoisotopic (exact) mass is 244 g/mol. The second kappa shape index (κ2) is 5.00. The van der Waals surface area contributed by atoms with Gasteiger partial charge >= 0.3 is 0 Å². The average Bonchev–Trinajstić information content (AvgIpc) is 2.77. The lowest BCUT2D eigenvalue weighted by Crippen LogP contribution is -2.24. The summed E-state index contributed by atoms with van der Waals surface area (Å²) in [6.07, 6.45) is 0. The first-order valence-corrected chi connectivity index (χ1v) is 5.87. The van der Waals surface area contributed by atoms with Gasteiger partial charge in [0.25, 0.3) is 5.91 Å². The molecule has 94 valence electrons. The van der Waals surface area contributed by atoms with Gasteiger partial charge in [0.1, 0.15) is 5.52 Å². The number of fused-ring (bicyclic) bond motifs is 1. The Hall–Kier alpha value is -2.17. The summed E-state index contributed by atoms with van der Waals surface area (Å²) in [5.74, 6) is -0.119. The summed E-state index contributed by atoms with van der Waals surface area (Å²) in [6, 6.07) is 5.41. The van der Waals surface area contributed by atoms with Crippen LogP contribution in [0.3, 0.4) is 0 Å². The van der Waals surface area contributed by atoms with Crippen LogP contribution in [0.25, 0.3) is 11.0 Å². The molecular weight excluding hydrogens is 228 g/mol. The molecule has 1 N–H and O–H groups in total. The first-order chi connectivity index (χ1) is 8.61. The first-order valence-electron chi connectivity index (χ1n) is 5.87. The largest absolute Gasteiger partial charge is 0.348 e. The molecule has 0 aliphatic heterocycles. The second-order valence-corrected chi connectivity index (χ2v) is 4.25. The molecule has 0 saturated heterocycles. The van der Waals surface area contributed by atoms with E-state index >= 15 is 0 Å². The van der Waals surface area contributed by atoms with E-state index in [0.29, 0.717) is 12.1 Å². The molecule has 18 heavy (non-hydrogen) atoms.